The van der Waals surface area contributed by atoms with Gasteiger partial charge in [0.05, 0.1) is 5.71 Å². The van der Waals surface area contributed by atoms with Gasteiger partial charge in [-0.1, -0.05) is 102 Å². The maximum atomic E-state index is 12.5. The number of benzene rings is 3. The average Bonchev–Trinajstić information content (AvgIpc) is 3.84. The van der Waals surface area contributed by atoms with Gasteiger partial charge in [0.1, 0.15) is 11.4 Å². The smallest absolute Gasteiger partial charge is 0.271 e. The van der Waals surface area contributed by atoms with Crippen LogP contribution in [0, 0.1) is 0 Å². The summed E-state index contributed by atoms with van der Waals surface area (Å²) in [6, 6.07) is 22.7. The summed E-state index contributed by atoms with van der Waals surface area (Å²) in [7, 11) is 3.48. The van der Waals surface area contributed by atoms with Gasteiger partial charge in [-0.2, -0.15) is 20.5 Å². The Morgan fingerprint density at radius 1 is 0.685 bits per heavy atom. The number of aryl methyl sites for hydroxylation is 2. The van der Waals surface area contributed by atoms with E-state index >= 15 is 0 Å². The van der Waals surface area contributed by atoms with Crippen molar-refractivity contribution in [2.75, 3.05) is 0 Å². The maximum absolute atomic E-state index is 12.5. The summed E-state index contributed by atoms with van der Waals surface area (Å²) in [6.45, 7) is 16.0. The predicted molar refractivity (Wildman–Crippen MR) is 207 cm³/mol. The van der Waals surface area contributed by atoms with Crippen molar-refractivity contribution in [3.63, 3.8) is 0 Å². The lowest BCUT2D eigenvalue weighted by atomic mass is 9.86. The van der Waals surface area contributed by atoms with Crippen molar-refractivity contribution < 1.29 is 19.8 Å². The van der Waals surface area contributed by atoms with Gasteiger partial charge in [-0.3, -0.25) is 19.0 Å². The van der Waals surface area contributed by atoms with Crippen molar-refractivity contribution in [2.45, 2.75) is 66.2 Å². The molecule has 3 aromatic heterocycles. The predicted octanol–water partition coefficient (Wildman–Crippen LogP) is 6.72. The van der Waals surface area contributed by atoms with Gasteiger partial charge in [-0.15, -0.1) is 10.2 Å². The van der Waals surface area contributed by atoms with Crippen molar-refractivity contribution >= 4 is 17.4 Å². The lowest BCUT2D eigenvalue weighted by Gasteiger charge is -2.19. The normalized spacial score (nSPS) is 11.9. The van der Waals surface area contributed by atoms with Gasteiger partial charge >= 0.3 is 0 Å². The van der Waals surface area contributed by atoms with Gasteiger partial charge in [-0.25, -0.2) is 5.43 Å². The Hall–Kier alpha value is -6.44. The number of H-pyrrole nitrogens is 1. The van der Waals surface area contributed by atoms with Gasteiger partial charge in [0.2, 0.25) is 5.82 Å². The van der Waals surface area contributed by atoms with Gasteiger partial charge in [-0.05, 0) is 46.2 Å². The number of hydrazone groups is 1. The molecule has 6 aromatic rings. The van der Waals surface area contributed by atoms with E-state index in [1.807, 2.05) is 48.5 Å². The number of carbonyl (C=O) groups is 2. The number of nitrogens with zero attached hydrogens (tertiary/aromatic N) is 8. The number of Topliss-reactive ketones (excluding diaryl/α,β-unsaturated/α-hetero) is 1. The molecule has 0 spiro atoms. The van der Waals surface area contributed by atoms with Crippen LogP contribution in [-0.2, 0) is 24.9 Å². The van der Waals surface area contributed by atoms with Crippen molar-refractivity contribution in [3.05, 3.63) is 101 Å². The minimum atomic E-state index is -0.396. The molecule has 3 aromatic carbocycles. The first-order chi connectivity index (χ1) is 25.4. The minimum Gasteiger partial charge on any atom is -0.504 e. The molecule has 1 amide bonds. The first-order valence-electron chi connectivity index (χ1n) is 17.3. The third kappa shape index (κ3) is 8.44. The molecule has 0 fully saturated rings. The Morgan fingerprint density at radius 2 is 1.13 bits per heavy atom. The van der Waals surface area contributed by atoms with E-state index in [9.17, 15) is 19.8 Å². The van der Waals surface area contributed by atoms with Crippen molar-refractivity contribution in [2.24, 2.45) is 19.2 Å². The zero-order valence-electron chi connectivity index (χ0n) is 32.2. The number of hydrogen-bond acceptors (Lipinski definition) is 10. The molecular formula is C40H46N10O4. The number of aromatic amines is 1. The molecule has 14 heteroatoms. The van der Waals surface area contributed by atoms with Crippen molar-refractivity contribution in [3.8, 4) is 45.4 Å². The minimum absolute atomic E-state index is 0.00553. The molecule has 0 aliphatic carbocycles. The van der Waals surface area contributed by atoms with Crippen LogP contribution in [0.1, 0.15) is 93.1 Å². The molecule has 0 saturated carbocycles. The van der Waals surface area contributed by atoms with E-state index in [1.54, 1.807) is 50.0 Å². The summed E-state index contributed by atoms with van der Waals surface area (Å²) < 4.78 is 3.15. The third-order valence-electron chi connectivity index (χ3n) is 8.85. The number of nitrogens with one attached hydrogen (secondary N) is 2. The molecule has 0 atom stereocenters. The largest absolute Gasteiger partial charge is 0.504 e. The van der Waals surface area contributed by atoms with Gasteiger partial charge in [0, 0.05) is 43.3 Å². The number of tetrazole rings is 1. The SMILES string of the molecule is CC(=NNC(=O)c1ccc(-c2nn[nH]n2)cc1)c1nn(C)c(-c2ccc(C(C)(C)C)cc2)c1O.CC(=O)c1nn(C)c(-c2ccc(C(C)(C)C)cc2)c1O. The van der Waals surface area contributed by atoms with Crippen LogP contribution in [0.3, 0.4) is 0 Å². The van der Waals surface area contributed by atoms with E-state index in [2.05, 4.69) is 82.9 Å². The van der Waals surface area contributed by atoms with Gasteiger partial charge < -0.3 is 10.2 Å². The summed E-state index contributed by atoms with van der Waals surface area (Å²) in [5, 5.41) is 47.4. The summed E-state index contributed by atoms with van der Waals surface area (Å²) in [5.41, 5.74) is 9.79. The number of ketones is 1. The molecule has 0 unspecified atom stereocenters. The van der Waals surface area contributed by atoms with Gasteiger partial charge in [0.15, 0.2) is 28.7 Å². The van der Waals surface area contributed by atoms with Crippen molar-refractivity contribution in [1.29, 1.82) is 0 Å². The lowest BCUT2D eigenvalue weighted by molar-refractivity contribution is 0.0953. The topological polar surface area (TPSA) is 189 Å². The highest BCUT2D eigenvalue weighted by Crippen LogP contribution is 2.35. The highest BCUT2D eigenvalue weighted by molar-refractivity contribution is 6.02. The van der Waals surface area contributed by atoms with Crippen LogP contribution in [0.25, 0.3) is 33.9 Å². The second kappa shape index (κ2) is 15.3. The molecular weight excluding hydrogens is 685 g/mol. The number of rotatable bonds is 7. The summed E-state index contributed by atoms with van der Waals surface area (Å²) in [5.74, 6) is -0.243. The molecule has 280 valence electrons. The molecule has 4 N–H and O–H groups in total. The van der Waals surface area contributed by atoms with Crippen molar-refractivity contribution in [1.82, 2.24) is 45.6 Å². The first kappa shape index (κ1) is 38.8. The Morgan fingerprint density at radius 3 is 1.54 bits per heavy atom. The summed E-state index contributed by atoms with van der Waals surface area (Å²) in [4.78, 5) is 23.9. The Labute approximate surface area is 314 Å². The standard InChI is InChI=1S/C24H26N8O2.C16H20N2O2/c1-14(25-28-23(34)17-8-6-16(7-9-17)22-26-30-31-27-22)19-21(33)20(32(5)29-19)15-10-12-18(13-11-15)24(2,3)4;1-10(19)13-15(20)14(18(5)17-13)11-6-8-12(9-7-11)16(2,3)4/h6-13,33H,1-5H3,(H,28,34)(H,26,27,30,31);6-9,20H,1-5H3. The molecule has 0 saturated heterocycles. The van der Waals surface area contributed by atoms with Crippen LogP contribution in [0.5, 0.6) is 11.5 Å². The number of aromatic hydroxyl groups is 2. The molecule has 54 heavy (non-hydrogen) atoms. The average molecular weight is 731 g/mol. The zero-order valence-corrected chi connectivity index (χ0v) is 32.2. The molecule has 0 aliphatic rings. The number of hydrogen-bond donors (Lipinski definition) is 4. The Kier molecular flexibility index (Phi) is 11.0. The van der Waals surface area contributed by atoms with E-state index < -0.39 is 5.91 Å². The monoisotopic (exact) mass is 730 g/mol. The highest BCUT2D eigenvalue weighted by atomic mass is 16.3. The summed E-state index contributed by atoms with van der Waals surface area (Å²) >= 11 is 0. The second-order valence-corrected chi connectivity index (χ2v) is 15.0. The number of amides is 1. The molecule has 0 aliphatic heterocycles. The van der Waals surface area contributed by atoms with Gasteiger partial charge in [0.25, 0.3) is 5.91 Å². The molecule has 6 rings (SSSR count). The molecule has 3 heterocycles. The van der Waals surface area contributed by atoms with Crippen LogP contribution in [-0.4, -0.2) is 67.8 Å². The fourth-order valence-electron chi connectivity index (χ4n) is 5.72. The van der Waals surface area contributed by atoms with E-state index in [-0.39, 0.29) is 33.8 Å². The molecule has 0 radical (unpaired) electrons. The Balaban J connectivity index is 0.000000239. The number of aromatic nitrogens is 8. The van der Waals surface area contributed by atoms with Crippen LogP contribution >= 0.6 is 0 Å². The fourth-order valence-corrected chi connectivity index (χ4v) is 5.72. The number of carbonyl (C=O) groups excluding carboxylic acids is 2. The van der Waals surface area contributed by atoms with E-state index in [4.69, 9.17) is 0 Å². The fraction of sp³-hybridized carbons (Fsp3) is 0.300. The van der Waals surface area contributed by atoms with Crippen LogP contribution in [0.2, 0.25) is 0 Å². The zero-order chi connectivity index (χ0) is 39.5. The van der Waals surface area contributed by atoms with E-state index in [1.165, 1.54) is 22.7 Å². The van der Waals surface area contributed by atoms with Crippen LogP contribution < -0.4 is 5.43 Å². The Bertz CT molecular complexity index is 2290. The molecule has 0 bridgehead atoms. The first-order valence-corrected chi connectivity index (χ1v) is 17.3. The van der Waals surface area contributed by atoms with Crippen LogP contribution in [0.15, 0.2) is 77.9 Å². The molecule has 14 nitrogen and oxygen atoms in total. The lowest BCUT2D eigenvalue weighted by Crippen LogP contribution is -2.19. The van der Waals surface area contributed by atoms with Crippen LogP contribution in [0.4, 0.5) is 0 Å². The summed E-state index contributed by atoms with van der Waals surface area (Å²) in [6.07, 6.45) is 0. The highest BCUT2D eigenvalue weighted by Gasteiger charge is 2.22. The third-order valence-corrected chi connectivity index (χ3v) is 8.85. The maximum Gasteiger partial charge on any atom is 0.271 e. The second-order valence-electron chi connectivity index (χ2n) is 15.0. The van der Waals surface area contributed by atoms with E-state index in [0.29, 0.717) is 34.2 Å². The van der Waals surface area contributed by atoms with E-state index in [0.717, 1.165) is 16.7 Å². The quantitative estimate of drug-likeness (QED) is 0.0785.